The number of nitrogens with zero attached hydrogens (tertiary/aromatic N) is 1. The van der Waals surface area contributed by atoms with Crippen molar-refractivity contribution in [2.24, 2.45) is 5.73 Å². The molecule has 3 heteroatoms. The van der Waals surface area contributed by atoms with Crippen LogP contribution in [0.1, 0.15) is 25.0 Å². The van der Waals surface area contributed by atoms with E-state index in [1.807, 2.05) is 54.6 Å². The number of benzene rings is 2. The van der Waals surface area contributed by atoms with Gasteiger partial charge in [-0.05, 0) is 35.9 Å². The maximum Gasteiger partial charge on any atom is 0.227 e. The third-order valence-corrected chi connectivity index (χ3v) is 4.55. The third kappa shape index (κ3) is 2.78. The minimum Gasteiger partial charge on any atom is -0.436 e. The van der Waals surface area contributed by atoms with Crippen molar-refractivity contribution in [2.45, 2.75) is 19.3 Å². The molecule has 1 aromatic heterocycles. The van der Waals surface area contributed by atoms with Crippen LogP contribution in [-0.4, -0.2) is 4.98 Å². The Labute approximate surface area is 146 Å². The van der Waals surface area contributed by atoms with E-state index in [2.05, 4.69) is 32.1 Å². The van der Waals surface area contributed by atoms with E-state index in [0.29, 0.717) is 5.89 Å². The van der Waals surface area contributed by atoms with E-state index in [0.717, 1.165) is 27.6 Å². The standard InChI is InChI=1S/C22H20N2O/c1-22(2)14-19-20(25-21(24-19)15-8-4-3-5-9-15)13-12-18(23)16-10-6-7-11-17(16)22/h3-14H,23H2,1-2H3/b18-12-,19-14-,20-13+. The van der Waals surface area contributed by atoms with E-state index in [-0.39, 0.29) is 5.41 Å². The SMILES string of the molecule is CC1(C)\C=c2/nc(-c3ccccc3)o/c2=C/C=C(\N)c2ccccc21. The minimum absolute atomic E-state index is 0.229. The number of oxazole rings is 1. The van der Waals surface area contributed by atoms with E-state index in [1.54, 1.807) is 0 Å². The summed E-state index contributed by atoms with van der Waals surface area (Å²) in [6, 6.07) is 18.2. The summed E-state index contributed by atoms with van der Waals surface area (Å²) in [7, 11) is 0. The first-order chi connectivity index (χ1) is 12.0. The number of nitrogens with two attached hydrogens (primary N) is 1. The third-order valence-electron chi connectivity index (χ3n) is 4.55. The van der Waals surface area contributed by atoms with E-state index < -0.39 is 0 Å². The molecule has 0 amide bonds. The molecule has 0 saturated heterocycles. The van der Waals surface area contributed by atoms with Gasteiger partial charge in [0, 0.05) is 22.2 Å². The van der Waals surface area contributed by atoms with Gasteiger partial charge in [0.25, 0.3) is 0 Å². The molecule has 0 fully saturated rings. The first-order valence-electron chi connectivity index (χ1n) is 8.37. The number of rotatable bonds is 1. The molecule has 1 aliphatic rings. The Kier molecular flexibility index (Phi) is 3.57. The summed E-state index contributed by atoms with van der Waals surface area (Å²) in [6.45, 7) is 4.34. The van der Waals surface area contributed by atoms with E-state index >= 15 is 0 Å². The predicted octanol–water partition coefficient (Wildman–Crippen LogP) is 3.19. The molecule has 4 rings (SSSR count). The van der Waals surface area contributed by atoms with Crippen LogP contribution in [0.25, 0.3) is 29.3 Å². The first-order valence-corrected chi connectivity index (χ1v) is 8.37. The molecule has 1 aliphatic carbocycles. The highest BCUT2D eigenvalue weighted by molar-refractivity contribution is 5.73. The molecule has 2 N–H and O–H groups in total. The molecule has 124 valence electrons. The quantitative estimate of drug-likeness (QED) is 0.746. The number of aromatic nitrogens is 1. The first kappa shape index (κ1) is 15.5. The molecule has 3 aromatic rings. The van der Waals surface area contributed by atoms with E-state index in [1.165, 1.54) is 5.56 Å². The predicted molar refractivity (Wildman–Crippen MR) is 102 cm³/mol. The van der Waals surface area contributed by atoms with Gasteiger partial charge in [-0.15, -0.1) is 0 Å². The Morgan fingerprint density at radius 1 is 0.920 bits per heavy atom. The van der Waals surface area contributed by atoms with Crippen LogP contribution in [0.3, 0.4) is 0 Å². The molecular formula is C22H20N2O. The molecule has 0 radical (unpaired) electrons. The summed E-state index contributed by atoms with van der Waals surface area (Å²) < 4.78 is 6.03. The van der Waals surface area contributed by atoms with Crippen LogP contribution in [0.2, 0.25) is 0 Å². The molecule has 0 unspecified atom stereocenters. The van der Waals surface area contributed by atoms with Crippen LogP contribution >= 0.6 is 0 Å². The maximum absolute atomic E-state index is 6.34. The van der Waals surface area contributed by atoms with Crippen molar-refractivity contribution in [1.82, 2.24) is 4.98 Å². The average Bonchev–Trinajstić information content (AvgIpc) is 3.03. The number of hydrogen-bond acceptors (Lipinski definition) is 3. The summed E-state index contributed by atoms with van der Waals surface area (Å²) >= 11 is 0. The van der Waals surface area contributed by atoms with Gasteiger partial charge in [-0.25, -0.2) is 4.98 Å². The van der Waals surface area contributed by atoms with Crippen LogP contribution in [0.5, 0.6) is 0 Å². The number of hydrogen-bond donors (Lipinski definition) is 1. The molecule has 2 aromatic carbocycles. The Balaban J connectivity index is 2.00. The fraction of sp³-hybridized carbons (Fsp3) is 0.136. The van der Waals surface area contributed by atoms with Crippen molar-refractivity contribution >= 4 is 17.8 Å². The maximum atomic E-state index is 6.34. The summed E-state index contributed by atoms with van der Waals surface area (Å²) in [6.07, 6.45) is 5.95. The lowest BCUT2D eigenvalue weighted by molar-refractivity contribution is 0.540. The molecule has 0 spiro atoms. The Morgan fingerprint density at radius 2 is 1.64 bits per heavy atom. The molecule has 1 heterocycles. The normalized spacial score (nSPS) is 20.2. The Morgan fingerprint density at radius 3 is 2.44 bits per heavy atom. The monoisotopic (exact) mass is 328 g/mol. The molecule has 0 bridgehead atoms. The van der Waals surface area contributed by atoms with Gasteiger partial charge < -0.3 is 10.2 Å². The molecular weight excluding hydrogens is 308 g/mol. The van der Waals surface area contributed by atoms with Crippen LogP contribution in [0.4, 0.5) is 0 Å². The zero-order valence-corrected chi connectivity index (χ0v) is 14.4. The van der Waals surface area contributed by atoms with Gasteiger partial charge >= 0.3 is 0 Å². The summed E-state index contributed by atoms with van der Waals surface area (Å²) in [5.74, 6) is 0.620. The second-order valence-electron chi connectivity index (χ2n) is 6.83. The highest BCUT2D eigenvalue weighted by Gasteiger charge is 2.23. The van der Waals surface area contributed by atoms with Crippen molar-refractivity contribution in [3.8, 4) is 11.5 Å². The van der Waals surface area contributed by atoms with Crippen molar-refractivity contribution in [3.05, 3.63) is 82.6 Å². The van der Waals surface area contributed by atoms with Crippen molar-refractivity contribution in [1.29, 1.82) is 0 Å². The summed E-state index contributed by atoms with van der Waals surface area (Å²) in [5, 5.41) is 0.838. The molecule has 0 atom stereocenters. The lowest BCUT2D eigenvalue weighted by atomic mass is 9.81. The van der Waals surface area contributed by atoms with Gasteiger partial charge in [0.05, 0.1) is 0 Å². The van der Waals surface area contributed by atoms with Crippen molar-refractivity contribution in [2.75, 3.05) is 0 Å². The molecule has 3 nitrogen and oxygen atoms in total. The second-order valence-corrected chi connectivity index (χ2v) is 6.83. The van der Waals surface area contributed by atoms with Gasteiger partial charge in [-0.3, -0.25) is 0 Å². The number of fused-ring (bicyclic) bond motifs is 2. The van der Waals surface area contributed by atoms with Crippen LogP contribution < -0.4 is 16.5 Å². The Bertz CT molecular complexity index is 1070. The zero-order valence-electron chi connectivity index (χ0n) is 14.4. The largest absolute Gasteiger partial charge is 0.436 e. The summed E-state index contributed by atoms with van der Waals surface area (Å²) in [5.41, 5.74) is 10.7. The van der Waals surface area contributed by atoms with Crippen molar-refractivity contribution < 1.29 is 4.42 Å². The lowest BCUT2D eigenvalue weighted by Crippen LogP contribution is -2.27. The average molecular weight is 328 g/mol. The topological polar surface area (TPSA) is 52.0 Å². The number of allylic oxidation sites excluding steroid dienone is 1. The fourth-order valence-corrected chi connectivity index (χ4v) is 3.24. The van der Waals surface area contributed by atoms with Crippen LogP contribution in [0, 0.1) is 0 Å². The lowest BCUT2D eigenvalue weighted by Gasteiger charge is -2.24. The van der Waals surface area contributed by atoms with Gasteiger partial charge in [0.2, 0.25) is 5.89 Å². The molecule has 25 heavy (non-hydrogen) atoms. The van der Waals surface area contributed by atoms with Gasteiger partial charge in [-0.2, -0.15) is 0 Å². The van der Waals surface area contributed by atoms with Crippen molar-refractivity contribution in [3.63, 3.8) is 0 Å². The van der Waals surface area contributed by atoms with E-state index in [9.17, 15) is 0 Å². The highest BCUT2D eigenvalue weighted by atomic mass is 16.3. The van der Waals surface area contributed by atoms with Gasteiger partial charge in [0.1, 0.15) is 5.35 Å². The zero-order chi connectivity index (χ0) is 17.4. The smallest absolute Gasteiger partial charge is 0.227 e. The molecule has 0 saturated carbocycles. The molecule has 0 aliphatic heterocycles. The second kappa shape index (κ2) is 5.78. The van der Waals surface area contributed by atoms with Gasteiger partial charge in [-0.1, -0.05) is 56.3 Å². The Hall–Kier alpha value is -3.07. The fourth-order valence-electron chi connectivity index (χ4n) is 3.24. The van der Waals surface area contributed by atoms with Crippen LogP contribution in [-0.2, 0) is 5.41 Å². The summed E-state index contributed by atoms with van der Waals surface area (Å²) in [4.78, 5) is 4.73. The van der Waals surface area contributed by atoms with Crippen LogP contribution in [0.15, 0.2) is 65.1 Å². The van der Waals surface area contributed by atoms with Gasteiger partial charge in [0.15, 0.2) is 5.42 Å². The minimum atomic E-state index is -0.229. The van der Waals surface area contributed by atoms with E-state index in [4.69, 9.17) is 15.1 Å². The highest BCUT2D eigenvalue weighted by Crippen LogP contribution is 2.30.